The first-order valence-electron chi connectivity index (χ1n) is 9.64. The monoisotopic (exact) mass is 398 g/mol. The van der Waals surface area contributed by atoms with Crippen molar-refractivity contribution in [3.8, 4) is 0 Å². The molecule has 0 aliphatic carbocycles. The molecule has 2 aromatic carbocycles. The van der Waals surface area contributed by atoms with Crippen LogP contribution in [0.2, 0.25) is 0 Å². The molecule has 5 nitrogen and oxygen atoms in total. The Hall–Kier alpha value is -2.21. The Labute approximate surface area is 172 Å². The molecule has 0 bridgehead atoms. The van der Waals surface area contributed by atoms with E-state index in [1.165, 1.54) is 11.1 Å². The predicted octanol–water partition coefficient (Wildman–Crippen LogP) is 3.45. The van der Waals surface area contributed by atoms with Crippen molar-refractivity contribution < 1.29 is 4.52 Å². The number of likely N-dealkylation sites (tertiary alicyclic amines) is 1. The van der Waals surface area contributed by atoms with Gasteiger partial charge in [-0.15, -0.1) is 12.4 Å². The highest BCUT2D eigenvalue weighted by Crippen LogP contribution is 2.32. The van der Waals surface area contributed by atoms with E-state index in [0.29, 0.717) is 30.8 Å². The molecule has 1 aromatic heterocycles. The molecule has 1 saturated heterocycles. The zero-order chi connectivity index (χ0) is 18.5. The van der Waals surface area contributed by atoms with Gasteiger partial charge in [-0.2, -0.15) is 4.98 Å². The van der Waals surface area contributed by atoms with Crippen LogP contribution in [0, 0.1) is 5.92 Å². The third kappa shape index (κ3) is 4.98. The van der Waals surface area contributed by atoms with Crippen molar-refractivity contribution in [1.29, 1.82) is 0 Å². The van der Waals surface area contributed by atoms with Crippen LogP contribution in [0.1, 0.15) is 28.8 Å². The van der Waals surface area contributed by atoms with E-state index in [1.807, 2.05) is 6.07 Å². The normalized spacial score (nSPS) is 19.5. The van der Waals surface area contributed by atoms with Gasteiger partial charge in [-0.05, 0) is 30.0 Å². The third-order valence-electron chi connectivity index (χ3n) is 5.40. The van der Waals surface area contributed by atoms with Crippen molar-refractivity contribution >= 4 is 12.4 Å². The number of hydrogen-bond acceptors (Lipinski definition) is 5. The summed E-state index contributed by atoms with van der Waals surface area (Å²) in [6.45, 7) is 3.34. The lowest BCUT2D eigenvalue weighted by Crippen LogP contribution is -2.23. The number of hydrogen-bond donors (Lipinski definition) is 1. The first-order chi connectivity index (χ1) is 13.3. The van der Waals surface area contributed by atoms with Gasteiger partial charge in [0.25, 0.3) is 0 Å². The number of rotatable bonds is 7. The van der Waals surface area contributed by atoms with Crippen molar-refractivity contribution in [1.82, 2.24) is 15.0 Å². The van der Waals surface area contributed by atoms with Gasteiger partial charge in [0.1, 0.15) is 0 Å². The Balaban J connectivity index is 0.00000225. The quantitative estimate of drug-likeness (QED) is 0.660. The van der Waals surface area contributed by atoms with Gasteiger partial charge < -0.3 is 10.3 Å². The average molecular weight is 399 g/mol. The van der Waals surface area contributed by atoms with Crippen LogP contribution in [-0.4, -0.2) is 34.7 Å². The second kappa shape index (κ2) is 9.82. The minimum absolute atomic E-state index is 0. The zero-order valence-electron chi connectivity index (χ0n) is 15.9. The summed E-state index contributed by atoms with van der Waals surface area (Å²) in [5, 5.41) is 4.15. The lowest BCUT2D eigenvalue weighted by atomic mass is 9.89. The SMILES string of the molecule is Cl.NC[C@@H]1CN(Cc2nc(CCc3ccccc3)no2)C[C@H]1c1ccccc1. The maximum absolute atomic E-state index is 6.04. The molecule has 3 aromatic rings. The molecule has 0 amide bonds. The molecule has 148 valence electrons. The van der Waals surface area contributed by atoms with Crippen LogP contribution >= 0.6 is 12.4 Å². The second-order valence-electron chi connectivity index (χ2n) is 7.30. The third-order valence-corrected chi connectivity index (χ3v) is 5.40. The fourth-order valence-electron chi connectivity index (χ4n) is 3.95. The van der Waals surface area contributed by atoms with Crippen LogP contribution in [0.4, 0.5) is 0 Å². The Morgan fingerprint density at radius 2 is 1.68 bits per heavy atom. The fourth-order valence-corrected chi connectivity index (χ4v) is 3.95. The molecule has 1 aliphatic rings. The van der Waals surface area contributed by atoms with Crippen molar-refractivity contribution in [2.75, 3.05) is 19.6 Å². The van der Waals surface area contributed by atoms with Gasteiger partial charge in [0.2, 0.25) is 5.89 Å². The number of aryl methyl sites for hydroxylation is 2. The molecule has 2 N–H and O–H groups in total. The van der Waals surface area contributed by atoms with Gasteiger partial charge in [-0.1, -0.05) is 65.8 Å². The Kier molecular flexibility index (Phi) is 7.20. The van der Waals surface area contributed by atoms with Gasteiger partial charge in [0.05, 0.1) is 6.54 Å². The van der Waals surface area contributed by atoms with Crippen LogP contribution in [-0.2, 0) is 19.4 Å². The number of nitrogens with zero attached hydrogens (tertiary/aromatic N) is 3. The molecule has 4 rings (SSSR count). The van der Waals surface area contributed by atoms with Gasteiger partial charge in [-0.3, -0.25) is 4.90 Å². The number of halogens is 1. The summed E-state index contributed by atoms with van der Waals surface area (Å²) >= 11 is 0. The topological polar surface area (TPSA) is 68.2 Å². The van der Waals surface area contributed by atoms with Gasteiger partial charge >= 0.3 is 0 Å². The highest BCUT2D eigenvalue weighted by molar-refractivity contribution is 5.85. The molecule has 0 radical (unpaired) electrons. The van der Waals surface area contributed by atoms with E-state index in [1.54, 1.807) is 0 Å². The van der Waals surface area contributed by atoms with Crippen LogP contribution in [0.3, 0.4) is 0 Å². The first kappa shape index (κ1) is 20.5. The molecular formula is C22H27ClN4O. The molecule has 0 spiro atoms. The second-order valence-corrected chi connectivity index (χ2v) is 7.30. The Morgan fingerprint density at radius 3 is 2.39 bits per heavy atom. The van der Waals surface area contributed by atoms with E-state index in [2.05, 4.69) is 69.6 Å². The van der Waals surface area contributed by atoms with Crippen LogP contribution < -0.4 is 5.73 Å². The number of benzene rings is 2. The molecule has 6 heteroatoms. The lowest BCUT2D eigenvalue weighted by Gasteiger charge is -2.16. The first-order valence-corrected chi connectivity index (χ1v) is 9.64. The minimum atomic E-state index is 0. The maximum atomic E-state index is 6.04. The highest BCUT2D eigenvalue weighted by Gasteiger charge is 2.33. The van der Waals surface area contributed by atoms with Gasteiger partial charge in [-0.25, -0.2) is 0 Å². The minimum Gasteiger partial charge on any atom is -0.338 e. The summed E-state index contributed by atoms with van der Waals surface area (Å²) < 4.78 is 5.49. The zero-order valence-corrected chi connectivity index (χ0v) is 16.7. The summed E-state index contributed by atoms with van der Waals surface area (Å²) in [4.78, 5) is 6.97. The van der Waals surface area contributed by atoms with E-state index in [0.717, 1.165) is 31.8 Å². The Bertz CT molecular complexity index is 840. The molecule has 2 heterocycles. The van der Waals surface area contributed by atoms with E-state index in [9.17, 15) is 0 Å². The molecule has 1 fully saturated rings. The predicted molar refractivity (Wildman–Crippen MR) is 112 cm³/mol. The summed E-state index contributed by atoms with van der Waals surface area (Å²) in [5.74, 6) is 2.41. The van der Waals surface area contributed by atoms with E-state index in [-0.39, 0.29) is 12.4 Å². The molecule has 1 aliphatic heterocycles. The largest absolute Gasteiger partial charge is 0.338 e. The van der Waals surface area contributed by atoms with Gasteiger partial charge in [0.15, 0.2) is 5.82 Å². The lowest BCUT2D eigenvalue weighted by molar-refractivity contribution is 0.259. The summed E-state index contributed by atoms with van der Waals surface area (Å²) in [6, 6.07) is 21.1. The van der Waals surface area contributed by atoms with Crippen LogP contribution in [0.5, 0.6) is 0 Å². The average Bonchev–Trinajstić information content (AvgIpc) is 3.35. The standard InChI is InChI=1S/C22H26N4O.ClH/c23-13-19-14-26(15-20(19)18-9-5-2-6-10-18)16-22-24-21(25-27-22)12-11-17-7-3-1-4-8-17;/h1-10,19-20H,11-16,23H2;1H/t19-,20+;/m1./s1. The molecular weight excluding hydrogens is 372 g/mol. The van der Waals surface area contributed by atoms with E-state index < -0.39 is 0 Å². The maximum Gasteiger partial charge on any atom is 0.240 e. The van der Waals surface area contributed by atoms with Crippen molar-refractivity contribution in [3.05, 3.63) is 83.5 Å². The summed E-state index contributed by atoms with van der Waals surface area (Å²) in [6.07, 6.45) is 1.72. The fraction of sp³-hybridized carbons (Fsp3) is 0.364. The summed E-state index contributed by atoms with van der Waals surface area (Å²) in [5.41, 5.74) is 8.69. The molecule has 2 atom stereocenters. The van der Waals surface area contributed by atoms with E-state index in [4.69, 9.17) is 10.3 Å². The molecule has 0 unspecified atom stereocenters. The summed E-state index contributed by atoms with van der Waals surface area (Å²) in [7, 11) is 0. The van der Waals surface area contributed by atoms with Crippen LogP contribution in [0.15, 0.2) is 65.2 Å². The number of nitrogens with two attached hydrogens (primary N) is 1. The van der Waals surface area contributed by atoms with Crippen molar-refractivity contribution in [3.63, 3.8) is 0 Å². The van der Waals surface area contributed by atoms with E-state index >= 15 is 0 Å². The molecule has 28 heavy (non-hydrogen) atoms. The highest BCUT2D eigenvalue weighted by atomic mass is 35.5. The van der Waals surface area contributed by atoms with Crippen molar-refractivity contribution in [2.45, 2.75) is 25.3 Å². The molecule has 0 saturated carbocycles. The van der Waals surface area contributed by atoms with Crippen molar-refractivity contribution in [2.24, 2.45) is 11.7 Å². The Morgan fingerprint density at radius 1 is 0.964 bits per heavy atom. The van der Waals surface area contributed by atoms with Gasteiger partial charge in [0, 0.05) is 25.4 Å². The smallest absolute Gasteiger partial charge is 0.240 e. The number of aromatic nitrogens is 2. The van der Waals surface area contributed by atoms with Crippen LogP contribution in [0.25, 0.3) is 0 Å².